The van der Waals surface area contributed by atoms with Crippen molar-refractivity contribution in [2.24, 2.45) is 5.41 Å². The molecule has 0 unspecified atom stereocenters. The summed E-state index contributed by atoms with van der Waals surface area (Å²) in [5.74, 6) is 6.94. The van der Waals surface area contributed by atoms with Gasteiger partial charge >= 0.3 is 11.8 Å². The summed E-state index contributed by atoms with van der Waals surface area (Å²) in [5.41, 5.74) is 1.02. The normalized spacial score (nSPS) is 18.9. The Kier molecular flexibility index (Phi) is 2.29. The number of rotatable bonds is 1. The lowest BCUT2D eigenvalue weighted by Gasteiger charge is -2.31. The summed E-state index contributed by atoms with van der Waals surface area (Å²) in [7, 11) is 1.80. The molecule has 3 heterocycles. The monoisotopic (exact) mass is 327 g/mol. The molecule has 0 bridgehead atoms. The quantitative estimate of drug-likeness (QED) is 0.801. The number of ether oxygens (including phenoxy) is 2. The first kappa shape index (κ1) is 12.7. The fraction of sp³-hybridized carbons (Fsp3) is 0.267. The molecule has 0 atom stereocenters. The minimum atomic E-state index is -0.444. The molecular weight excluding hydrogens is 318 g/mol. The Morgan fingerprint density at radius 1 is 1.35 bits per heavy atom. The predicted octanol–water partition coefficient (Wildman–Crippen LogP) is 1.92. The molecule has 2 aliphatic carbocycles. The molecule has 114 valence electrons. The van der Waals surface area contributed by atoms with Crippen LogP contribution in [0.1, 0.15) is 24.4 Å². The van der Waals surface area contributed by atoms with E-state index in [0.29, 0.717) is 11.5 Å². The number of nitrogens with one attached hydrogen (secondary N) is 1. The van der Waals surface area contributed by atoms with E-state index < -0.39 is 5.41 Å². The van der Waals surface area contributed by atoms with Gasteiger partial charge < -0.3 is 19.2 Å². The molecule has 1 saturated carbocycles. The van der Waals surface area contributed by atoms with Gasteiger partial charge in [-0.2, -0.15) is 9.36 Å². The number of oxazole rings is 1. The van der Waals surface area contributed by atoms with Gasteiger partial charge in [0, 0.05) is 18.3 Å². The number of fused-ring (bicyclic) bond motifs is 2. The van der Waals surface area contributed by atoms with E-state index in [1.165, 1.54) is 11.5 Å². The van der Waals surface area contributed by atoms with Crippen LogP contribution in [0, 0.1) is 17.3 Å². The summed E-state index contributed by atoms with van der Waals surface area (Å²) in [6, 6.07) is 0. The van der Waals surface area contributed by atoms with Gasteiger partial charge in [0.2, 0.25) is 11.5 Å². The molecule has 5 rings (SSSR count). The van der Waals surface area contributed by atoms with Crippen LogP contribution in [0.3, 0.4) is 0 Å². The predicted molar refractivity (Wildman–Crippen MR) is 79.1 cm³/mol. The number of Topliss-reactive ketones (excluding diaryl/α,β-unsaturated/α-hetero) is 1. The van der Waals surface area contributed by atoms with Gasteiger partial charge in [-0.3, -0.25) is 4.79 Å². The maximum absolute atomic E-state index is 12.0. The first-order valence-electron chi connectivity index (χ1n) is 7.01. The molecule has 1 N–H and O–H groups in total. The van der Waals surface area contributed by atoms with Crippen LogP contribution in [-0.4, -0.2) is 22.2 Å². The molecule has 2 aromatic heterocycles. The van der Waals surface area contributed by atoms with E-state index in [1.807, 2.05) is 5.38 Å². The van der Waals surface area contributed by atoms with Gasteiger partial charge in [0.25, 0.3) is 5.89 Å². The highest BCUT2D eigenvalue weighted by molar-refractivity contribution is 7.04. The SMILES string of the molecule is CNc1csnc1C#Cc1nc2c(o1)OC1=C(O2)C2(CC2)C1=O. The van der Waals surface area contributed by atoms with E-state index in [-0.39, 0.29) is 29.3 Å². The molecule has 1 aliphatic heterocycles. The van der Waals surface area contributed by atoms with Crippen LogP contribution >= 0.6 is 11.5 Å². The van der Waals surface area contributed by atoms with Crippen LogP contribution in [0.25, 0.3) is 0 Å². The summed E-state index contributed by atoms with van der Waals surface area (Å²) in [4.78, 5) is 16.1. The van der Waals surface area contributed by atoms with Gasteiger partial charge in [0.1, 0.15) is 0 Å². The van der Waals surface area contributed by atoms with Crippen LogP contribution in [0.15, 0.2) is 21.3 Å². The lowest BCUT2D eigenvalue weighted by atomic mass is 9.84. The van der Waals surface area contributed by atoms with Gasteiger partial charge in [-0.05, 0) is 30.3 Å². The summed E-state index contributed by atoms with van der Waals surface area (Å²) in [5, 5.41) is 4.87. The van der Waals surface area contributed by atoms with E-state index in [0.717, 1.165) is 18.5 Å². The molecule has 0 amide bonds. The van der Waals surface area contributed by atoms with Crippen molar-refractivity contribution in [1.82, 2.24) is 9.36 Å². The number of aromatic nitrogens is 2. The molecule has 23 heavy (non-hydrogen) atoms. The van der Waals surface area contributed by atoms with Gasteiger partial charge in [-0.1, -0.05) is 0 Å². The Hall–Kier alpha value is -2.79. The molecule has 8 heteroatoms. The Morgan fingerprint density at radius 2 is 2.22 bits per heavy atom. The zero-order valence-corrected chi connectivity index (χ0v) is 12.7. The van der Waals surface area contributed by atoms with Crippen LogP contribution in [0.2, 0.25) is 0 Å². The van der Waals surface area contributed by atoms with Crippen molar-refractivity contribution >= 4 is 23.0 Å². The lowest BCUT2D eigenvalue weighted by molar-refractivity contribution is -0.127. The topological polar surface area (TPSA) is 86.5 Å². The second-order valence-electron chi connectivity index (χ2n) is 5.46. The number of allylic oxidation sites excluding steroid dienone is 2. The van der Waals surface area contributed by atoms with Gasteiger partial charge in [0.15, 0.2) is 11.5 Å². The number of hydrogen-bond donors (Lipinski definition) is 1. The first-order valence-corrected chi connectivity index (χ1v) is 7.85. The lowest BCUT2D eigenvalue weighted by Crippen LogP contribution is -2.40. The summed E-state index contributed by atoms with van der Waals surface area (Å²) in [6.45, 7) is 0. The zero-order valence-electron chi connectivity index (χ0n) is 11.9. The molecule has 1 fully saturated rings. The average Bonchev–Trinajstić information content (AvgIpc) is 3.13. The largest absolute Gasteiger partial charge is 0.433 e. The van der Waals surface area contributed by atoms with Gasteiger partial charge in [-0.15, -0.1) is 0 Å². The fourth-order valence-electron chi connectivity index (χ4n) is 2.68. The zero-order chi connectivity index (χ0) is 15.6. The van der Waals surface area contributed by atoms with Crippen LogP contribution < -0.4 is 14.8 Å². The number of ketones is 1. The third-order valence-electron chi connectivity index (χ3n) is 4.12. The van der Waals surface area contributed by atoms with E-state index in [9.17, 15) is 4.79 Å². The Labute approximate surface area is 134 Å². The van der Waals surface area contributed by atoms with Crippen molar-refractivity contribution < 1.29 is 18.7 Å². The van der Waals surface area contributed by atoms with Crippen molar-refractivity contribution in [2.45, 2.75) is 12.8 Å². The number of carbonyl (C=O) groups is 1. The molecule has 0 saturated heterocycles. The standard InChI is InChI=1S/C15H9N3O4S/c1-16-8-6-23-18-7(8)2-3-9-17-13-14(20-9)21-10-11(19)15(4-5-15)12(10)22-13/h6,16H,4-5H2,1H3. The minimum absolute atomic E-state index is 0.0108. The van der Waals surface area contributed by atoms with Crippen LogP contribution in [0.5, 0.6) is 11.8 Å². The highest BCUT2D eigenvalue weighted by Crippen LogP contribution is 2.63. The maximum Gasteiger partial charge on any atom is 0.358 e. The minimum Gasteiger partial charge on any atom is -0.433 e. The fourth-order valence-corrected chi connectivity index (χ4v) is 3.31. The summed E-state index contributed by atoms with van der Waals surface area (Å²) >= 11 is 1.31. The number of hydrogen-bond acceptors (Lipinski definition) is 8. The molecular formula is C15H9N3O4S. The Bertz CT molecular complexity index is 955. The first-order chi connectivity index (χ1) is 11.2. The molecule has 1 spiro atoms. The van der Waals surface area contributed by atoms with E-state index in [1.54, 1.807) is 7.05 Å². The van der Waals surface area contributed by atoms with E-state index >= 15 is 0 Å². The van der Waals surface area contributed by atoms with Crippen LogP contribution in [-0.2, 0) is 4.79 Å². The van der Waals surface area contributed by atoms with Crippen molar-refractivity contribution in [1.29, 1.82) is 0 Å². The van der Waals surface area contributed by atoms with Crippen molar-refractivity contribution in [2.75, 3.05) is 12.4 Å². The highest BCUT2D eigenvalue weighted by atomic mass is 32.1. The maximum atomic E-state index is 12.0. The highest BCUT2D eigenvalue weighted by Gasteiger charge is 2.67. The smallest absolute Gasteiger partial charge is 0.358 e. The Morgan fingerprint density at radius 3 is 3.00 bits per heavy atom. The third kappa shape index (κ3) is 1.62. The molecule has 2 aromatic rings. The molecule has 0 radical (unpaired) electrons. The van der Waals surface area contributed by atoms with E-state index in [2.05, 4.69) is 26.5 Å². The number of carbonyl (C=O) groups excluding carboxylic acids is 1. The number of nitrogens with zero attached hydrogens (tertiary/aromatic N) is 2. The summed E-state index contributed by atoms with van der Waals surface area (Å²) < 4.78 is 20.7. The summed E-state index contributed by atoms with van der Waals surface area (Å²) in [6.07, 6.45) is 1.62. The van der Waals surface area contributed by atoms with Crippen LogP contribution in [0.4, 0.5) is 5.69 Å². The second-order valence-corrected chi connectivity index (χ2v) is 6.09. The molecule has 0 aromatic carbocycles. The third-order valence-corrected chi connectivity index (χ3v) is 4.75. The number of anilines is 1. The molecule has 3 aliphatic rings. The second kappa shape index (κ2) is 4.14. The van der Waals surface area contributed by atoms with Crippen molar-refractivity contribution in [3.8, 4) is 23.7 Å². The average molecular weight is 327 g/mol. The van der Waals surface area contributed by atoms with E-state index in [4.69, 9.17) is 13.9 Å². The van der Waals surface area contributed by atoms with Crippen molar-refractivity contribution in [3.63, 3.8) is 0 Å². The Balaban J connectivity index is 1.44. The van der Waals surface area contributed by atoms with Crippen molar-refractivity contribution in [3.05, 3.63) is 28.5 Å². The van der Waals surface area contributed by atoms with Gasteiger partial charge in [0.05, 0.1) is 11.1 Å². The molecule has 7 nitrogen and oxygen atoms in total. The van der Waals surface area contributed by atoms with Gasteiger partial charge in [-0.25, -0.2) is 0 Å².